The maximum Gasteiger partial charge on any atom is 0.161 e. The minimum absolute atomic E-state index is 0.470. The molecule has 0 spiro atoms. The molecule has 5 nitrogen and oxygen atoms in total. The molecule has 124 valence electrons. The smallest absolute Gasteiger partial charge is 0.161 e. The Morgan fingerprint density at radius 3 is 2.50 bits per heavy atom. The summed E-state index contributed by atoms with van der Waals surface area (Å²) in [6, 6.07) is 11.3. The van der Waals surface area contributed by atoms with E-state index in [2.05, 4.69) is 41.1 Å². The van der Waals surface area contributed by atoms with Crippen molar-refractivity contribution < 1.29 is 4.74 Å². The van der Waals surface area contributed by atoms with Gasteiger partial charge in [0.15, 0.2) is 5.82 Å². The molecule has 5 rings (SSSR count). The average Bonchev–Trinajstić information content (AvgIpc) is 3.10. The molecule has 3 aliphatic heterocycles. The topological polar surface area (TPSA) is 41.5 Å². The Kier molecular flexibility index (Phi) is 3.31. The highest BCUT2D eigenvalue weighted by molar-refractivity contribution is 5.62. The van der Waals surface area contributed by atoms with Crippen molar-refractivity contribution in [3.8, 4) is 11.4 Å². The van der Waals surface area contributed by atoms with Gasteiger partial charge in [-0.3, -0.25) is 4.90 Å². The van der Waals surface area contributed by atoms with Crippen molar-refractivity contribution >= 4 is 5.82 Å². The number of hydrogen-bond donors (Lipinski definition) is 0. The maximum atomic E-state index is 5.77. The van der Waals surface area contributed by atoms with E-state index in [4.69, 9.17) is 14.7 Å². The molecule has 0 aliphatic carbocycles. The van der Waals surface area contributed by atoms with E-state index in [0.717, 1.165) is 43.5 Å². The summed E-state index contributed by atoms with van der Waals surface area (Å²) in [4.78, 5) is 14.8. The lowest BCUT2D eigenvalue weighted by Crippen LogP contribution is -2.47. The molecule has 2 atom stereocenters. The van der Waals surface area contributed by atoms with E-state index in [1.165, 1.54) is 24.1 Å². The lowest BCUT2D eigenvalue weighted by Gasteiger charge is -2.36. The van der Waals surface area contributed by atoms with Gasteiger partial charge in [-0.25, -0.2) is 9.97 Å². The van der Waals surface area contributed by atoms with Gasteiger partial charge in [-0.15, -0.1) is 0 Å². The van der Waals surface area contributed by atoms with Crippen LogP contribution in [0.5, 0.6) is 0 Å². The highest BCUT2D eigenvalue weighted by Crippen LogP contribution is 2.38. The Bertz CT molecular complexity index is 747. The fraction of sp³-hybridized carbons (Fsp3) is 0.474. The van der Waals surface area contributed by atoms with Crippen LogP contribution in [0, 0.1) is 0 Å². The fourth-order valence-electron chi connectivity index (χ4n) is 4.30. The molecular formula is C19H22N4O. The Morgan fingerprint density at radius 1 is 1.00 bits per heavy atom. The quantitative estimate of drug-likeness (QED) is 0.849. The van der Waals surface area contributed by atoms with Gasteiger partial charge in [-0.05, 0) is 19.9 Å². The normalized spacial score (nSPS) is 26.0. The average molecular weight is 322 g/mol. The number of anilines is 1. The van der Waals surface area contributed by atoms with Crippen molar-refractivity contribution in [1.82, 2.24) is 14.9 Å². The molecule has 0 radical (unpaired) electrons. The van der Waals surface area contributed by atoms with Gasteiger partial charge in [0.25, 0.3) is 0 Å². The van der Waals surface area contributed by atoms with Crippen molar-refractivity contribution in [3.63, 3.8) is 0 Å². The number of fused-ring (bicyclic) bond motifs is 3. The summed E-state index contributed by atoms with van der Waals surface area (Å²) in [5.74, 6) is 2.00. The molecule has 3 aliphatic rings. The summed E-state index contributed by atoms with van der Waals surface area (Å²) in [6.07, 6.45) is 2.42. The van der Waals surface area contributed by atoms with Crippen LogP contribution in [0.15, 0.2) is 30.3 Å². The minimum Gasteiger partial charge on any atom is -0.377 e. The van der Waals surface area contributed by atoms with E-state index in [1.807, 2.05) is 6.07 Å². The van der Waals surface area contributed by atoms with E-state index < -0.39 is 0 Å². The van der Waals surface area contributed by atoms with Gasteiger partial charge >= 0.3 is 0 Å². The van der Waals surface area contributed by atoms with E-state index in [9.17, 15) is 0 Å². The van der Waals surface area contributed by atoms with Gasteiger partial charge in [-0.1, -0.05) is 30.3 Å². The molecule has 4 heterocycles. The summed E-state index contributed by atoms with van der Waals surface area (Å²) >= 11 is 0. The second-order valence-electron chi connectivity index (χ2n) is 7.16. The second-order valence-corrected chi connectivity index (χ2v) is 7.16. The largest absolute Gasteiger partial charge is 0.377 e. The van der Waals surface area contributed by atoms with Gasteiger partial charge in [0.05, 0.1) is 31.0 Å². The Morgan fingerprint density at radius 2 is 1.75 bits per heavy atom. The minimum atomic E-state index is 0.470. The molecular weight excluding hydrogens is 300 g/mol. The fourth-order valence-corrected chi connectivity index (χ4v) is 4.30. The van der Waals surface area contributed by atoms with Gasteiger partial charge in [-0.2, -0.15) is 0 Å². The lowest BCUT2D eigenvalue weighted by molar-refractivity contribution is 0.0901. The van der Waals surface area contributed by atoms with Crippen LogP contribution in [-0.4, -0.2) is 47.2 Å². The van der Waals surface area contributed by atoms with E-state index >= 15 is 0 Å². The van der Waals surface area contributed by atoms with Crippen LogP contribution >= 0.6 is 0 Å². The first-order valence-corrected chi connectivity index (χ1v) is 8.79. The van der Waals surface area contributed by atoms with Crippen molar-refractivity contribution in [2.45, 2.75) is 38.0 Å². The number of aromatic nitrogens is 2. The molecule has 2 fully saturated rings. The van der Waals surface area contributed by atoms with Crippen LogP contribution in [0.4, 0.5) is 5.82 Å². The van der Waals surface area contributed by atoms with E-state index in [-0.39, 0.29) is 0 Å². The molecule has 1 aromatic carbocycles. The van der Waals surface area contributed by atoms with Crippen molar-refractivity contribution in [2.24, 2.45) is 0 Å². The highest BCUT2D eigenvalue weighted by atomic mass is 16.5. The van der Waals surface area contributed by atoms with Crippen molar-refractivity contribution in [3.05, 3.63) is 41.6 Å². The predicted molar refractivity (Wildman–Crippen MR) is 92.7 cm³/mol. The van der Waals surface area contributed by atoms with Crippen molar-refractivity contribution in [1.29, 1.82) is 0 Å². The number of hydrogen-bond acceptors (Lipinski definition) is 5. The molecule has 24 heavy (non-hydrogen) atoms. The molecule has 2 unspecified atom stereocenters. The standard InChI is InChI=1S/C19H22N4O/c1-22-9-16-17(10-22)20-18(13-5-3-2-4-6-13)21-19(16)23-14-7-8-15(23)12-24-11-14/h2-6,14-15H,7-12H2,1H3. The number of ether oxygens (including phenoxy) is 1. The molecule has 2 bridgehead atoms. The first kappa shape index (κ1) is 14.4. The van der Waals surface area contributed by atoms with Crippen LogP contribution in [0.3, 0.4) is 0 Å². The third kappa shape index (κ3) is 2.23. The van der Waals surface area contributed by atoms with Crippen LogP contribution in [0.2, 0.25) is 0 Å². The Labute approximate surface area is 142 Å². The molecule has 2 aromatic rings. The monoisotopic (exact) mass is 322 g/mol. The van der Waals surface area contributed by atoms with Gasteiger partial charge in [0.1, 0.15) is 5.82 Å². The van der Waals surface area contributed by atoms with Crippen molar-refractivity contribution in [2.75, 3.05) is 25.2 Å². The molecule has 2 saturated heterocycles. The zero-order valence-electron chi connectivity index (χ0n) is 14.0. The zero-order chi connectivity index (χ0) is 16.1. The predicted octanol–water partition coefficient (Wildman–Crippen LogP) is 2.46. The second kappa shape index (κ2) is 5.53. The molecule has 0 N–H and O–H groups in total. The summed E-state index contributed by atoms with van der Waals surface area (Å²) in [6.45, 7) is 3.50. The summed E-state index contributed by atoms with van der Waals surface area (Å²) in [5.41, 5.74) is 3.60. The van der Waals surface area contributed by atoms with Gasteiger partial charge in [0, 0.05) is 24.2 Å². The van der Waals surface area contributed by atoms with E-state index in [0.29, 0.717) is 12.1 Å². The van der Waals surface area contributed by atoms with Crippen LogP contribution in [-0.2, 0) is 17.8 Å². The number of morpholine rings is 1. The molecule has 1 aromatic heterocycles. The Balaban J connectivity index is 1.65. The lowest BCUT2D eigenvalue weighted by atomic mass is 10.1. The van der Waals surface area contributed by atoms with E-state index in [1.54, 1.807) is 0 Å². The van der Waals surface area contributed by atoms with Crippen LogP contribution in [0.1, 0.15) is 24.1 Å². The summed E-state index contributed by atoms with van der Waals surface area (Å²) in [7, 11) is 2.15. The third-order valence-corrected chi connectivity index (χ3v) is 5.44. The number of nitrogens with zero attached hydrogens (tertiary/aromatic N) is 4. The number of rotatable bonds is 2. The molecule has 0 amide bonds. The summed E-state index contributed by atoms with van der Waals surface area (Å²) in [5, 5.41) is 0. The third-order valence-electron chi connectivity index (χ3n) is 5.44. The van der Waals surface area contributed by atoms with Crippen LogP contribution < -0.4 is 4.90 Å². The Hall–Kier alpha value is -1.98. The number of benzene rings is 1. The SMILES string of the molecule is CN1Cc2nc(-c3ccccc3)nc(N3C4CCC3COC4)c2C1. The molecule has 5 heteroatoms. The van der Waals surface area contributed by atoms with Gasteiger partial charge in [0.2, 0.25) is 0 Å². The first-order valence-electron chi connectivity index (χ1n) is 8.79. The van der Waals surface area contributed by atoms with Crippen LogP contribution in [0.25, 0.3) is 11.4 Å². The molecule has 0 saturated carbocycles. The highest BCUT2D eigenvalue weighted by Gasteiger charge is 2.40. The zero-order valence-corrected chi connectivity index (χ0v) is 14.0. The first-order chi connectivity index (χ1) is 11.8. The van der Waals surface area contributed by atoms with Gasteiger partial charge < -0.3 is 9.64 Å². The summed E-state index contributed by atoms with van der Waals surface area (Å²) < 4.78 is 5.77. The maximum absolute atomic E-state index is 5.77.